The summed E-state index contributed by atoms with van der Waals surface area (Å²) in [6, 6.07) is 4.78. The van der Waals surface area contributed by atoms with Crippen molar-refractivity contribution in [1.82, 2.24) is 0 Å². The molecule has 0 fully saturated rings. The number of aromatic hydroxyl groups is 1. The SMILES string of the molecule is CCCCCCCCC(OCCC)(OCCC)c1cccc(OC(=O)O)c1O. The summed E-state index contributed by atoms with van der Waals surface area (Å²) in [6.45, 7) is 7.17. The summed E-state index contributed by atoms with van der Waals surface area (Å²) in [4.78, 5) is 10.9. The molecule has 1 aromatic rings. The first-order valence-corrected chi connectivity index (χ1v) is 10.5. The van der Waals surface area contributed by atoms with Crippen LogP contribution >= 0.6 is 0 Å². The molecule has 0 aromatic heterocycles. The van der Waals surface area contributed by atoms with Crippen LogP contribution in [0.4, 0.5) is 4.79 Å². The highest BCUT2D eigenvalue weighted by atomic mass is 16.7. The Labute approximate surface area is 168 Å². The first kappa shape index (κ1) is 24.2. The number of benzene rings is 1. The molecule has 0 unspecified atom stereocenters. The van der Waals surface area contributed by atoms with Crippen LogP contribution in [-0.2, 0) is 15.3 Å². The van der Waals surface area contributed by atoms with Crippen molar-refractivity contribution >= 4 is 6.16 Å². The molecule has 1 aromatic carbocycles. The lowest BCUT2D eigenvalue weighted by Crippen LogP contribution is -2.34. The van der Waals surface area contributed by atoms with E-state index in [4.69, 9.17) is 19.3 Å². The summed E-state index contributed by atoms with van der Waals surface area (Å²) in [5.41, 5.74) is 0.418. The predicted octanol–water partition coefficient (Wildman–Crippen LogP) is 6.21. The number of rotatable bonds is 15. The highest BCUT2D eigenvalue weighted by Crippen LogP contribution is 2.42. The fraction of sp³-hybridized carbons (Fsp3) is 0.682. The number of ether oxygens (including phenoxy) is 3. The average molecular weight is 397 g/mol. The summed E-state index contributed by atoms with van der Waals surface area (Å²) in [5, 5.41) is 19.6. The number of para-hydroxylation sites is 1. The number of carbonyl (C=O) groups is 1. The van der Waals surface area contributed by atoms with Crippen molar-refractivity contribution in [3.63, 3.8) is 0 Å². The summed E-state index contributed by atoms with van der Waals surface area (Å²) >= 11 is 0. The van der Waals surface area contributed by atoms with Gasteiger partial charge in [-0.15, -0.1) is 0 Å². The smallest absolute Gasteiger partial charge is 0.504 e. The molecular weight excluding hydrogens is 360 g/mol. The van der Waals surface area contributed by atoms with Gasteiger partial charge >= 0.3 is 6.16 Å². The van der Waals surface area contributed by atoms with Crippen LogP contribution in [0.15, 0.2) is 18.2 Å². The van der Waals surface area contributed by atoms with E-state index in [-0.39, 0.29) is 11.5 Å². The van der Waals surface area contributed by atoms with Crippen molar-refractivity contribution in [2.75, 3.05) is 13.2 Å². The minimum Gasteiger partial charge on any atom is -0.504 e. The number of unbranched alkanes of at least 4 members (excludes halogenated alkanes) is 5. The van der Waals surface area contributed by atoms with Crippen LogP contribution in [0.2, 0.25) is 0 Å². The maximum Gasteiger partial charge on any atom is 0.511 e. The minimum atomic E-state index is -1.47. The second-order valence-corrected chi connectivity index (χ2v) is 6.99. The number of carboxylic acid groups (broad SMARTS) is 1. The molecule has 0 aliphatic rings. The van der Waals surface area contributed by atoms with Crippen LogP contribution in [0.5, 0.6) is 11.5 Å². The Kier molecular flexibility index (Phi) is 11.6. The maximum atomic E-state index is 10.9. The Morgan fingerprint density at radius 3 is 2.11 bits per heavy atom. The van der Waals surface area contributed by atoms with Gasteiger partial charge in [-0.3, -0.25) is 0 Å². The van der Waals surface area contributed by atoms with Crippen LogP contribution in [0, 0.1) is 0 Å². The summed E-state index contributed by atoms with van der Waals surface area (Å²) in [6.07, 6.45) is 7.47. The molecule has 0 aliphatic heterocycles. The number of hydrogen-bond donors (Lipinski definition) is 2. The third-order valence-corrected chi connectivity index (χ3v) is 4.54. The van der Waals surface area contributed by atoms with Crippen molar-refractivity contribution in [1.29, 1.82) is 0 Å². The van der Waals surface area contributed by atoms with Crippen molar-refractivity contribution in [2.45, 2.75) is 84.3 Å². The second-order valence-electron chi connectivity index (χ2n) is 6.99. The highest BCUT2D eigenvalue weighted by molar-refractivity contribution is 5.63. The van der Waals surface area contributed by atoms with Gasteiger partial charge in [0.15, 0.2) is 17.3 Å². The molecule has 0 radical (unpaired) electrons. The molecule has 6 nitrogen and oxygen atoms in total. The molecule has 0 heterocycles. The molecule has 6 heteroatoms. The largest absolute Gasteiger partial charge is 0.511 e. The lowest BCUT2D eigenvalue weighted by Gasteiger charge is -2.35. The van der Waals surface area contributed by atoms with Crippen LogP contribution in [0.3, 0.4) is 0 Å². The molecule has 0 spiro atoms. The Balaban J connectivity index is 3.10. The highest BCUT2D eigenvalue weighted by Gasteiger charge is 2.37. The topological polar surface area (TPSA) is 85.2 Å². The minimum absolute atomic E-state index is 0.113. The average Bonchev–Trinajstić information content (AvgIpc) is 2.68. The second kappa shape index (κ2) is 13.4. The summed E-state index contributed by atoms with van der Waals surface area (Å²) in [7, 11) is 0. The summed E-state index contributed by atoms with van der Waals surface area (Å²) < 4.78 is 17.0. The fourth-order valence-electron chi connectivity index (χ4n) is 3.15. The van der Waals surface area contributed by atoms with Crippen LogP contribution < -0.4 is 4.74 Å². The summed E-state index contributed by atoms with van der Waals surface area (Å²) in [5.74, 6) is -1.47. The molecule has 0 aliphatic carbocycles. The van der Waals surface area contributed by atoms with Crippen molar-refractivity contribution in [3.8, 4) is 11.5 Å². The molecule has 0 bridgehead atoms. The van der Waals surface area contributed by atoms with E-state index in [9.17, 15) is 9.90 Å². The Hall–Kier alpha value is -1.79. The maximum absolute atomic E-state index is 10.9. The van der Waals surface area contributed by atoms with E-state index < -0.39 is 11.9 Å². The van der Waals surface area contributed by atoms with Gasteiger partial charge in [-0.25, -0.2) is 4.79 Å². The van der Waals surface area contributed by atoms with Crippen LogP contribution in [-0.4, -0.2) is 29.6 Å². The van der Waals surface area contributed by atoms with Gasteiger partial charge in [0, 0.05) is 6.42 Å². The molecule has 0 amide bonds. The van der Waals surface area contributed by atoms with E-state index in [1.165, 1.54) is 25.3 Å². The third-order valence-electron chi connectivity index (χ3n) is 4.54. The zero-order valence-electron chi connectivity index (χ0n) is 17.5. The van der Waals surface area contributed by atoms with Gasteiger partial charge in [-0.05, 0) is 31.4 Å². The van der Waals surface area contributed by atoms with E-state index in [1.807, 2.05) is 13.8 Å². The van der Waals surface area contributed by atoms with Gasteiger partial charge in [0.2, 0.25) is 0 Å². The molecule has 2 N–H and O–H groups in total. The van der Waals surface area contributed by atoms with E-state index in [0.29, 0.717) is 25.2 Å². The third kappa shape index (κ3) is 7.68. The molecule has 160 valence electrons. The van der Waals surface area contributed by atoms with Gasteiger partial charge in [0.25, 0.3) is 0 Å². The van der Waals surface area contributed by atoms with Gasteiger partial charge in [-0.2, -0.15) is 0 Å². The fourth-order valence-corrected chi connectivity index (χ4v) is 3.15. The Morgan fingerprint density at radius 1 is 0.929 bits per heavy atom. The number of phenolic OH excluding ortho intramolecular Hbond substituents is 1. The molecule has 1 rings (SSSR count). The van der Waals surface area contributed by atoms with Gasteiger partial charge in [-0.1, -0.05) is 58.9 Å². The lowest BCUT2D eigenvalue weighted by molar-refractivity contribution is -0.252. The number of hydrogen-bond acceptors (Lipinski definition) is 5. The zero-order chi connectivity index (χ0) is 20.8. The van der Waals surface area contributed by atoms with Crippen molar-refractivity contribution in [2.24, 2.45) is 0 Å². The Morgan fingerprint density at radius 2 is 1.54 bits per heavy atom. The first-order chi connectivity index (χ1) is 13.5. The molecule has 28 heavy (non-hydrogen) atoms. The number of phenols is 1. The predicted molar refractivity (Wildman–Crippen MR) is 109 cm³/mol. The van der Waals surface area contributed by atoms with Gasteiger partial charge in [0.05, 0.1) is 18.8 Å². The first-order valence-electron chi connectivity index (χ1n) is 10.5. The van der Waals surface area contributed by atoms with Crippen molar-refractivity contribution < 1.29 is 29.2 Å². The van der Waals surface area contributed by atoms with E-state index in [1.54, 1.807) is 12.1 Å². The lowest BCUT2D eigenvalue weighted by atomic mass is 9.96. The van der Waals surface area contributed by atoms with Crippen LogP contribution in [0.1, 0.15) is 84.1 Å². The van der Waals surface area contributed by atoms with E-state index >= 15 is 0 Å². The van der Waals surface area contributed by atoms with Crippen molar-refractivity contribution in [3.05, 3.63) is 23.8 Å². The zero-order valence-corrected chi connectivity index (χ0v) is 17.5. The van der Waals surface area contributed by atoms with E-state index in [2.05, 4.69) is 6.92 Å². The monoisotopic (exact) mass is 396 g/mol. The molecule has 0 atom stereocenters. The standard InChI is InChI=1S/C22H36O6/c1-4-7-8-9-10-11-15-22(26-16-5-2,27-17-6-3)18-13-12-14-19(20(18)23)28-21(24)25/h12-14,23H,4-11,15-17H2,1-3H3,(H,24,25). The normalized spacial score (nSPS) is 11.5. The van der Waals surface area contributed by atoms with Gasteiger partial charge in [0.1, 0.15) is 0 Å². The molecule has 0 saturated carbocycles. The van der Waals surface area contributed by atoms with Gasteiger partial charge < -0.3 is 24.4 Å². The molecule has 0 saturated heterocycles. The van der Waals surface area contributed by atoms with E-state index in [0.717, 1.165) is 32.1 Å². The quantitative estimate of drug-likeness (QED) is 0.159. The Bertz CT molecular complexity index is 564. The van der Waals surface area contributed by atoms with Crippen LogP contribution in [0.25, 0.3) is 0 Å². The molecular formula is C22H36O6.